The number of hydrogen-bond acceptors (Lipinski definition) is 4. The topological polar surface area (TPSA) is 65.4 Å². The van der Waals surface area contributed by atoms with E-state index >= 15 is 0 Å². The number of aromatic nitrogens is 2. The van der Waals surface area contributed by atoms with E-state index in [0.29, 0.717) is 25.5 Å². The molecule has 1 heterocycles. The monoisotopic (exact) mass is 423 g/mol. The molecule has 6 heteroatoms. The summed E-state index contributed by atoms with van der Waals surface area (Å²) in [4.78, 5) is 16.4. The molecule has 6 nitrogen and oxygen atoms in total. The van der Waals surface area contributed by atoms with Gasteiger partial charge in [-0.1, -0.05) is 38.1 Å². The van der Waals surface area contributed by atoms with Gasteiger partial charge in [0.15, 0.2) is 0 Å². The number of para-hydroxylation sites is 2. The van der Waals surface area contributed by atoms with Gasteiger partial charge in [-0.15, -0.1) is 0 Å². The fraction of sp³-hybridized carbons (Fsp3) is 0.440. The number of carbonyl (C=O) groups excluding carboxylic acids is 1. The first-order valence-corrected chi connectivity index (χ1v) is 11.0. The number of carbonyl (C=O) groups is 1. The number of benzene rings is 2. The molecular formula is C25H33N3O3. The summed E-state index contributed by atoms with van der Waals surface area (Å²) in [6.07, 6.45) is 2.64. The predicted octanol–water partition coefficient (Wildman–Crippen LogP) is 4.32. The lowest BCUT2D eigenvalue weighted by Gasteiger charge is -2.11. The van der Waals surface area contributed by atoms with Crippen molar-refractivity contribution in [2.45, 2.75) is 45.6 Å². The zero-order valence-electron chi connectivity index (χ0n) is 18.8. The molecule has 0 aliphatic rings. The van der Waals surface area contributed by atoms with Gasteiger partial charge in [-0.25, -0.2) is 4.98 Å². The van der Waals surface area contributed by atoms with Crippen molar-refractivity contribution in [2.75, 3.05) is 26.9 Å². The third-order valence-electron chi connectivity index (χ3n) is 5.27. The van der Waals surface area contributed by atoms with Gasteiger partial charge in [-0.2, -0.15) is 0 Å². The largest absolute Gasteiger partial charge is 0.494 e. The minimum absolute atomic E-state index is 0.0800. The number of ether oxygens (including phenoxy) is 2. The highest BCUT2D eigenvalue weighted by Crippen LogP contribution is 2.20. The van der Waals surface area contributed by atoms with Crippen LogP contribution in [0.2, 0.25) is 0 Å². The Kier molecular flexibility index (Phi) is 8.47. The van der Waals surface area contributed by atoms with Crippen molar-refractivity contribution in [1.29, 1.82) is 0 Å². The van der Waals surface area contributed by atoms with Crippen LogP contribution < -0.4 is 10.1 Å². The molecule has 2 aromatic carbocycles. The summed E-state index contributed by atoms with van der Waals surface area (Å²) in [6.45, 7) is 6.57. The fourth-order valence-electron chi connectivity index (χ4n) is 3.57. The SMILES string of the molecule is COCC(=O)NCCc1nc2ccccc2n1CCCCOc1ccc(C(C)C)cc1. The Morgan fingerprint density at radius 3 is 2.61 bits per heavy atom. The van der Waals surface area contributed by atoms with E-state index in [9.17, 15) is 4.79 Å². The predicted molar refractivity (Wildman–Crippen MR) is 124 cm³/mol. The van der Waals surface area contributed by atoms with Gasteiger partial charge in [0.1, 0.15) is 18.2 Å². The summed E-state index contributed by atoms with van der Waals surface area (Å²) in [5, 5.41) is 2.87. The molecule has 31 heavy (non-hydrogen) atoms. The van der Waals surface area contributed by atoms with E-state index in [-0.39, 0.29) is 12.5 Å². The van der Waals surface area contributed by atoms with Crippen molar-refractivity contribution in [3.8, 4) is 5.75 Å². The molecule has 0 fully saturated rings. The maximum atomic E-state index is 11.6. The zero-order valence-corrected chi connectivity index (χ0v) is 18.8. The number of nitrogens with zero attached hydrogens (tertiary/aromatic N) is 2. The van der Waals surface area contributed by atoms with E-state index in [2.05, 4.69) is 54.1 Å². The van der Waals surface area contributed by atoms with Crippen LogP contribution in [0.4, 0.5) is 0 Å². The van der Waals surface area contributed by atoms with E-state index in [1.54, 1.807) is 0 Å². The lowest BCUT2D eigenvalue weighted by atomic mass is 10.0. The summed E-state index contributed by atoms with van der Waals surface area (Å²) in [5.41, 5.74) is 3.44. The van der Waals surface area contributed by atoms with Crippen LogP contribution >= 0.6 is 0 Å². The van der Waals surface area contributed by atoms with Crippen molar-refractivity contribution in [2.24, 2.45) is 0 Å². The van der Waals surface area contributed by atoms with Gasteiger partial charge in [-0.05, 0) is 48.6 Å². The highest BCUT2D eigenvalue weighted by molar-refractivity contribution is 5.77. The van der Waals surface area contributed by atoms with Crippen molar-refractivity contribution < 1.29 is 14.3 Å². The number of hydrogen-bond donors (Lipinski definition) is 1. The van der Waals surface area contributed by atoms with Crippen LogP contribution in [0, 0.1) is 0 Å². The van der Waals surface area contributed by atoms with Crippen LogP contribution in [0.1, 0.15) is 44.0 Å². The Labute approximate surface area is 184 Å². The van der Waals surface area contributed by atoms with Crippen molar-refractivity contribution in [3.05, 3.63) is 59.9 Å². The van der Waals surface area contributed by atoms with Crippen LogP contribution in [-0.4, -0.2) is 42.3 Å². The van der Waals surface area contributed by atoms with Crippen LogP contribution in [0.3, 0.4) is 0 Å². The third kappa shape index (κ3) is 6.56. The highest BCUT2D eigenvalue weighted by Gasteiger charge is 2.11. The summed E-state index contributed by atoms with van der Waals surface area (Å²) in [5.74, 6) is 2.33. The Morgan fingerprint density at radius 2 is 1.87 bits per heavy atom. The molecule has 0 saturated carbocycles. The molecule has 0 aliphatic carbocycles. The molecule has 0 radical (unpaired) electrons. The Morgan fingerprint density at radius 1 is 1.10 bits per heavy atom. The Balaban J connectivity index is 1.52. The second-order valence-corrected chi connectivity index (χ2v) is 7.98. The number of aryl methyl sites for hydroxylation is 1. The number of fused-ring (bicyclic) bond motifs is 1. The number of imidazole rings is 1. The van der Waals surface area contributed by atoms with Gasteiger partial charge >= 0.3 is 0 Å². The summed E-state index contributed by atoms with van der Waals surface area (Å²) >= 11 is 0. The molecule has 0 bridgehead atoms. The Bertz CT molecular complexity index is 964. The first-order valence-electron chi connectivity index (χ1n) is 11.0. The average molecular weight is 424 g/mol. The molecule has 0 atom stereocenters. The maximum Gasteiger partial charge on any atom is 0.245 e. The smallest absolute Gasteiger partial charge is 0.245 e. The van der Waals surface area contributed by atoms with E-state index in [1.807, 2.05) is 18.2 Å². The first kappa shape index (κ1) is 22.8. The van der Waals surface area contributed by atoms with E-state index < -0.39 is 0 Å². The van der Waals surface area contributed by atoms with Gasteiger partial charge in [0.25, 0.3) is 0 Å². The van der Waals surface area contributed by atoms with E-state index in [0.717, 1.165) is 42.0 Å². The van der Waals surface area contributed by atoms with Crippen molar-refractivity contribution in [3.63, 3.8) is 0 Å². The molecule has 1 N–H and O–H groups in total. The first-order chi connectivity index (χ1) is 15.1. The molecule has 0 unspecified atom stereocenters. The summed E-state index contributed by atoms with van der Waals surface area (Å²) in [6, 6.07) is 16.5. The Hall–Kier alpha value is -2.86. The zero-order chi connectivity index (χ0) is 22.1. The fourth-order valence-corrected chi connectivity index (χ4v) is 3.57. The van der Waals surface area contributed by atoms with Crippen LogP contribution in [0.25, 0.3) is 11.0 Å². The quantitative estimate of drug-likeness (QED) is 0.441. The van der Waals surface area contributed by atoms with Crippen LogP contribution in [-0.2, 0) is 22.5 Å². The molecule has 0 aliphatic heterocycles. The lowest BCUT2D eigenvalue weighted by Crippen LogP contribution is -2.29. The minimum atomic E-state index is -0.108. The van der Waals surface area contributed by atoms with Gasteiger partial charge in [-0.3, -0.25) is 4.79 Å². The standard InChI is InChI=1S/C25H33N3O3/c1-19(2)20-10-12-21(13-11-20)31-17-7-6-16-28-23-9-5-4-8-22(23)27-24(28)14-15-26-25(29)18-30-3/h4-5,8-13,19H,6-7,14-18H2,1-3H3,(H,26,29). The van der Waals surface area contributed by atoms with Gasteiger partial charge in [0.05, 0.1) is 17.6 Å². The molecule has 0 spiro atoms. The average Bonchev–Trinajstić information content (AvgIpc) is 3.11. The second kappa shape index (κ2) is 11.5. The number of amides is 1. The van der Waals surface area contributed by atoms with Gasteiger partial charge < -0.3 is 19.4 Å². The molecule has 1 amide bonds. The normalized spacial score (nSPS) is 11.2. The van der Waals surface area contributed by atoms with E-state index in [4.69, 9.17) is 14.5 Å². The molecule has 3 aromatic rings. The summed E-state index contributed by atoms with van der Waals surface area (Å²) < 4.78 is 13.0. The van der Waals surface area contributed by atoms with Gasteiger partial charge in [0, 0.05) is 26.6 Å². The highest BCUT2D eigenvalue weighted by atomic mass is 16.5. The van der Waals surface area contributed by atoms with Gasteiger partial charge in [0.2, 0.25) is 5.91 Å². The number of unbranched alkanes of at least 4 members (excludes halogenated alkanes) is 1. The number of rotatable bonds is 12. The van der Waals surface area contributed by atoms with Crippen molar-refractivity contribution >= 4 is 16.9 Å². The van der Waals surface area contributed by atoms with E-state index in [1.165, 1.54) is 12.7 Å². The van der Waals surface area contributed by atoms with Crippen LogP contribution in [0.5, 0.6) is 5.75 Å². The maximum absolute atomic E-state index is 11.6. The minimum Gasteiger partial charge on any atom is -0.494 e. The molecule has 166 valence electrons. The van der Waals surface area contributed by atoms with Crippen LogP contribution in [0.15, 0.2) is 48.5 Å². The van der Waals surface area contributed by atoms with Crippen molar-refractivity contribution in [1.82, 2.24) is 14.9 Å². The number of nitrogens with one attached hydrogen (secondary N) is 1. The molecule has 0 saturated heterocycles. The summed E-state index contributed by atoms with van der Waals surface area (Å²) in [7, 11) is 1.52. The lowest BCUT2D eigenvalue weighted by molar-refractivity contribution is -0.124. The third-order valence-corrected chi connectivity index (χ3v) is 5.27. The second-order valence-electron chi connectivity index (χ2n) is 7.98. The number of methoxy groups -OCH3 is 1. The molecule has 1 aromatic heterocycles. The molecule has 3 rings (SSSR count). The molecular weight excluding hydrogens is 390 g/mol.